The molecule has 0 aliphatic carbocycles. The van der Waals surface area contributed by atoms with E-state index < -0.39 is 30.6 Å². The van der Waals surface area contributed by atoms with E-state index >= 15 is 0 Å². The minimum atomic E-state index is -6.41. The smallest absolute Gasteiger partial charge is 0.460 e. The number of alkyl halides is 7. The topological polar surface area (TPSA) is 47.9 Å². The van der Waals surface area contributed by atoms with Gasteiger partial charge in [0.15, 0.2) is 6.61 Å². The molecule has 4 nitrogen and oxygen atoms in total. The number of hydrogen-bond donors (Lipinski definition) is 0. The van der Waals surface area contributed by atoms with E-state index in [1.807, 2.05) is 13.8 Å². The van der Waals surface area contributed by atoms with Gasteiger partial charge >= 0.3 is 24.0 Å². The lowest BCUT2D eigenvalue weighted by atomic mass is 10.1. The lowest BCUT2D eigenvalue weighted by Crippen LogP contribution is -2.54. The van der Waals surface area contributed by atoms with Crippen LogP contribution in [0.4, 0.5) is 36.4 Å². The standard InChI is InChI=1S/C25H24F7NO3/c1-3-17(2)15-35-22(34)13-8-18-4-9-20(10-5-18)33-14-19-6-11-21(12-7-19)36-16-23(26,27)24(28,29)25(30,31)32/h4-14,17H,3,15-16H2,1-2H3/b13-8+,33-14?. The van der Waals surface area contributed by atoms with Crippen molar-refractivity contribution in [3.63, 3.8) is 0 Å². The van der Waals surface area contributed by atoms with Crippen molar-refractivity contribution in [3.05, 3.63) is 65.7 Å². The lowest BCUT2D eigenvalue weighted by molar-refractivity contribution is -0.358. The summed E-state index contributed by atoms with van der Waals surface area (Å²) in [5, 5.41) is 0. The fraction of sp³-hybridized carbons (Fsp3) is 0.360. The Bertz CT molecular complexity index is 1050. The minimum Gasteiger partial charge on any atom is -0.487 e. The number of halogens is 7. The van der Waals surface area contributed by atoms with E-state index in [1.165, 1.54) is 24.4 Å². The lowest BCUT2D eigenvalue weighted by Gasteiger charge is -2.27. The van der Waals surface area contributed by atoms with Gasteiger partial charge < -0.3 is 9.47 Å². The van der Waals surface area contributed by atoms with Gasteiger partial charge in [-0.15, -0.1) is 0 Å². The van der Waals surface area contributed by atoms with Crippen LogP contribution < -0.4 is 4.74 Å². The average molecular weight is 519 g/mol. The van der Waals surface area contributed by atoms with Gasteiger partial charge in [0.05, 0.1) is 12.3 Å². The number of carbonyl (C=O) groups excluding carboxylic acids is 1. The summed E-state index contributed by atoms with van der Waals surface area (Å²) in [6, 6.07) is 11.8. The highest BCUT2D eigenvalue weighted by molar-refractivity contribution is 5.87. The van der Waals surface area contributed by atoms with Gasteiger partial charge in [0, 0.05) is 12.3 Å². The SMILES string of the molecule is CCC(C)COC(=O)/C=C/c1ccc(N=Cc2ccc(OCC(F)(F)C(F)(F)C(F)(F)F)cc2)cc1. The van der Waals surface area contributed by atoms with Crippen molar-refractivity contribution in [3.8, 4) is 5.75 Å². The van der Waals surface area contributed by atoms with Crippen LogP contribution >= 0.6 is 0 Å². The molecule has 0 bridgehead atoms. The van der Waals surface area contributed by atoms with Crippen LogP contribution in [0.5, 0.6) is 5.75 Å². The first-order valence-corrected chi connectivity index (χ1v) is 10.8. The Hall–Kier alpha value is -3.37. The molecule has 196 valence electrons. The quantitative estimate of drug-likeness (QED) is 0.136. The van der Waals surface area contributed by atoms with E-state index in [2.05, 4.69) is 9.73 Å². The van der Waals surface area contributed by atoms with Crippen LogP contribution in [0.25, 0.3) is 6.08 Å². The molecule has 0 fully saturated rings. The predicted molar refractivity (Wildman–Crippen MR) is 121 cm³/mol. The van der Waals surface area contributed by atoms with Gasteiger partial charge in [-0.2, -0.15) is 30.7 Å². The van der Waals surface area contributed by atoms with Gasteiger partial charge in [0.25, 0.3) is 0 Å². The Balaban J connectivity index is 1.91. The number of hydrogen-bond acceptors (Lipinski definition) is 4. The molecule has 0 saturated carbocycles. The zero-order valence-corrected chi connectivity index (χ0v) is 19.4. The molecule has 2 aromatic rings. The van der Waals surface area contributed by atoms with Crippen LogP contribution in [0.1, 0.15) is 31.4 Å². The van der Waals surface area contributed by atoms with Crippen LogP contribution in [-0.4, -0.2) is 43.4 Å². The molecule has 0 spiro atoms. The number of carbonyl (C=O) groups is 1. The number of nitrogens with zero attached hydrogens (tertiary/aromatic N) is 1. The second-order valence-electron chi connectivity index (χ2n) is 7.96. The van der Waals surface area contributed by atoms with E-state index in [9.17, 15) is 35.5 Å². The highest BCUT2D eigenvalue weighted by atomic mass is 19.4. The molecule has 0 radical (unpaired) electrons. The average Bonchev–Trinajstić information content (AvgIpc) is 2.84. The van der Waals surface area contributed by atoms with Crippen molar-refractivity contribution in [2.24, 2.45) is 10.9 Å². The van der Waals surface area contributed by atoms with Crippen LogP contribution in [0.3, 0.4) is 0 Å². The van der Waals surface area contributed by atoms with E-state index in [4.69, 9.17) is 4.74 Å². The van der Waals surface area contributed by atoms with E-state index in [-0.39, 0.29) is 11.7 Å². The van der Waals surface area contributed by atoms with Crippen molar-refractivity contribution in [1.82, 2.24) is 0 Å². The Morgan fingerprint density at radius 2 is 1.53 bits per heavy atom. The van der Waals surface area contributed by atoms with Crippen LogP contribution in [-0.2, 0) is 9.53 Å². The zero-order chi connectivity index (χ0) is 27.0. The van der Waals surface area contributed by atoms with E-state index in [0.29, 0.717) is 17.9 Å². The summed E-state index contributed by atoms with van der Waals surface area (Å²) in [5.74, 6) is -12.1. The zero-order valence-electron chi connectivity index (χ0n) is 19.4. The third-order valence-corrected chi connectivity index (χ3v) is 4.99. The Kier molecular flexibility index (Phi) is 9.66. The van der Waals surface area contributed by atoms with Gasteiger partial charge in [0.2, 0.25) is 0 Å². The van der Waals surface area contributed by atoms with Crippen molar-refractivity contribution >= 4 is 23.9 Å². The van der Waals surface area contributed by atoms with E-state index in [0.717, 1.165) is 24.1 Å². The summed E-state index contributed by atoms with van der Waals surface area (Å²) in [5.41, 5.74) is 1.78. The molecule has 0 aliphatic heterocycles. The number of ether oxygens (including phenoxy) is 2. The maximum atomic E-state index is 13.3. The number of esters is 1. The Labute approximate surface area is 203 Å². The van der Waals surface area contributed by atoms with Crippen LogP contribution in [0.15, 0.2) is 59.6 Å². The molecule has 2 rings (SSSR count). The Morgan fingerprint density at radius 1 is 0.944 bits per heavy atom. The monoisotopic (exact) mass is 519 g/mol. The fourth-order valence-electron chi connectivity index (χ4n) is 2.50. The first-order valence-electron chi connectivity index (χ1n) is 10.8. The van der Waals surface area contributed by atoms with Gasteiger partial charge in [-0.05, 0) is 59.5 Å². The van der Waals surface area contributed by atoms with Crippen molar-refractivity contribution in [2.45, 2.75) is 38.3 Å². The molecule has 0 aliphatic rings. The molecule has 1 atom stereocenters. The third kappa shape index (κ3) is 8.10. The molecule has 0 aromatic heterocycles. The van der Waals surface area contributed by atoms with E-state index in [1.54, 1.807) is 30.3 Å². The molecule has 0 heterocycles. The van der Waals surface area contributed by atoms with Crippen LogP contribution in [0.2, 0.25) is 0 Å². The molecule has 0 N–H and O–H groups in total. The number of benzene rings is 2. The van der Waals surface area contributed by atoms with Gasteiger partial charge in [-0.1, -0.05) is 32.4 Å². The maximum Gasteiger partial charge on any atom is 0.460 e. The second kappa shape index (κ2) is 12.0. The molecule has 1 unspecified atom stereocenters. The molecular formula is C25H24F7NO3. The highest BCUT2D eigenvalue weighted by Crippen LogP contribution is 2.46. The largest absolute Gasteiger partial charge is 0.487 e. The van der Waals surface area contributed by atoms with Crippen molar-refractivity contribution in [2.75, 3.05) is 13.2 Å². The molecule has 36 heavy (non-hydrogen) atoms. The first kappa shape index (κ1) is 28.9. The Morgan fingerprint density at radius 3 is 2.08 bits per heavy atom. The summed E-state index contributed by atoms with van der Waals surface area (Å²) in [4.78, 5) is 15.9. The third-order valence-electron chi connectivity index (χ3n) is 4.99. The normalized spacial score (nSPS) is 13.8. The summed E-state index contributed by atoms with van der Waals surface area (Å²) in [7, 11) is 0. The molecule has 0 amide bonds. The first-order chi connectivity index (χ1) is 16.7. The highest BCUT2D eigenvalue weighted by Gasteiger charge is 2.73. The summed E-state index contributed by atoms with van der Waals surface area (Å²) >= 11 is 0. The van der Waals surface area contributed by atoms with Gasteiger partial charge in [0.1, 0.15) is 5.75 Å². The number of rotatable bonds is 11. The summed E-state index contributed by atoms with van der Waals surface area (Å²) < 4.78 is 98.5. The maximum absolute atomic E-state index is 13.3. The molecule has 2 aromatic carbocycles. The molecule has 0 saturated heterocycles. The van der Waals surface area contributed by atoms with Crippen LogP contribution in [0, 0.1) is 5.92 Å². The summed E-state index contributed by atoms with van der Waals surface area (Å²) in [6.07, 6.45) is -1.16. The second-order valence-corrected chi connectivity index (χ2v) is 7.96. The molecular weight excluding hydrogens is 495 g/mol. The van der Waals surface area contributed by atoms with Crippen molar-refractivity contribution < 1.29 is 45.0 Å². The number of aliphatic imine (C=N–C) groups is 1. The van der Waals surface area contributed by atoms with Crippen molar-refractivity contribution in [1.29, 1.82) is 0 Å². The fourth-order valence-corrected chi connectivity index (χ4v) is 2.50. The minimum absolute atomic E-state index is 0.282. The van der Waals surface area contributed by atoms with Gasteiger partial charge in [-0.25, -0.2) is 4.79 Å². The summed E-state index contributed by atoms with van der Waals surface area (Å²) in [6.45, 7) is 2.18. The van der Waals surface area contributed by atoms with Gasteiger partial charge in [-0.3, -0.25) is 4.99 Å². The molecule has 11 heteroatoms. The predicted octanol–water partition coefficient (Wildman–Crippen LogP) is 7.25.